The molecule has 1 rings (SSSR count). The van der Waals surface area contributed by atoms with Gasteiger partial charge in [-0.2, -0.15) is 0 Å². The molecule has 2 N–H and O–H groups in total. The van der Waals surface area contributed by atoms with Gasteiger partial charge in [0.1, 0.15) is 10.9 Å². The first-order chi connectivity index (χ1) is 9.82. The van der Waals surface area contributed by atoms with E-state index in [1.807, 2.05) is 0 Å². The number of nitrogens with one attached hydrogen (secondary N) is 1. The summed E-state index contributed by atoms with van der Waals surface area (Å²) < 4.78 is 0. The lowest BCUT2D eigenvalue weighted by Crippen LogP contribution is -2.25. The molecule has 1 aromatic carbocycles. The van der Waals surface area contributed by atoms with Gasteiger partial charge < -0.3 is 10.4 Å². The molecule has 0 heterocycles. The Morgan fingerprint density at radius 2 is 2.00 bits per heavy atom. The fourth-order valence-electron chi connectivity index (χ4n) is 1.64. The van der Waals surface area contributed by atoms with Crippen molar-refractivity contribution in [1.29, 1.82) is 0 Å². The number of hydrogen-bond donors (Lipinski definition) is 2. The van der Waals surface area contributed by atoms with Crippen LogP contribution < -0.4 is 5.32 Å². The molecule has 0 radical (unpaired) electrons. The minimum absolute atomic E-state index is 0.0821. The topological polar surface area (TPSA) is 110 Å². The molecule has 8 heteroatoms. The standard InChI is InChI=1S/C13H16N2O5S/c1-8(2)12(13(17)18)21-7-11(16)14-9-5-3-4-6-10(9)15(19)20/h3-6,8,12H,7H2,1-2H3,(H,14,16)(H,17,18). The van der Waals surface area contributed by atoms with Crippen LogP contribution in [0.15, 0.2) is 24.3 Å². The van der Waals surface area contributed by atoms with Crippen molar-refractivity contribution in [2.75, 3.05) is 11.1 Å². The van der Waals surface area contributed by atoms with Gasteiger partial charge in [-0.1, -0.05) is 26.0 Å². The summed E-state index contributed by atoms with van der Waals surface area (Å²) in [6, 6.07) is 5.79. The zero-order valence-corrected chi connectivity index (χ0v) is 12.4. The third kappa shape index (κ3) is 5.07. The Morgan fingerprint density at radius 1 is 1.38 bits per heavy atom. The van der Waals surface area contributed by atoms with Crippen LogP contribution in [-0.4, -0.2) is 32.9 Å². The molecule has 0 aliphatic carbocycles. The second-order valence-corrected chi connectivity index (χ2v) is 5.77. The van der Waals surface area contributed by atoms with E-state index in [0.717, 1.165) is 11.8 Å². The number of amides is 1. The number of aliphatic carboxylic acids is 1. The van der Waals surface area contributed by atoms with Crippen LogP contribution in [0.25, 0.3) is 0 Å². The summed E-state index contributed by atoms with van der Waals surface area (Å²) in [5, 5.41) is 21.6. The van der Waals surface area contributed by atoms with Crippen LogP contribution in [0.4, 0.5) is 11.4 Å². The number of hydrogen-bond acceptors (Lipinski definition) is 5. The smallest absolute Gasteiger partial charge is 0.316 e. The van der Waals surface area contributed by atoms with E-state index >= 15 is 0 Å². The summed E-state index contributed by atoms with van der Waals surface area (Å²) in [7, 11) is 0. The molecular formula is C13H16N2O5S. The van der Waals surface area contributed by atoms with E-state index in [0.29, 0.717) is 0 Å². The Labute approximate surface area is 125 Å². The predicted molar refractivity (Wildman–Crippen MR) is 80.4 cm³/mol. The summed E-state index contributed by atoms with van der Waals surface area (Å²) in [6.45, 7) is 3.51. The summed E-state index contributed by atoms with van der Waals surface area (Å²) in [5.74, 6) is -1.65. The molecule has 0 aromatic heterocycles. The predicted octanol–water partition coefficient (Wildman–Crippen LogP) is 2.38. The summed E-state index contributed by atoms with van der Waals surface area (Å²) >= 11 is 0.998. The largest absolute Gasteiger partial charge is 0.480 e. The van der Waals surface area contributed by atoms with Crippen LogP contribution in [0.2, 0.25) is 0 Å². The number of nitrogens with zero attached hydrogens (tertiary/aromatic N) is 1. The molecule has 0 saturated carbocycles. The molecule has 0 fully saturated rings. The van der Waals surface area contributed by atoms with E-state index in [9.17, 15) is 19.7 Å². The maximum Gasteiger partial charge on any atom is 0.316 e. The number of carbonyl (C=O) groups is 2. The monoisotopic (exact) mass is 312 g/mol. The Balaban J connectivity index is 2.66. The van der Waals surface area contributed by atoms with Gasteiger partial charge in [0, 0.05) is 6.07 Å². The highest BCUT2D eigenvalue weighted by Crippen LogP contribution is 2.24. The Morgan fingerprint density at radius 3 is 2.52 bits per heavy atom. The van der Waals surface area contributed by atoms with Gasteiger partial charge in [-0.3, -0.25) is 19.7 Å². The number of carboxylic acids is 1. The molecule has 114 valence electrons. The summed E-state index contributed by atoms with van der Waals surface area (Å²) in [6.07, 6.45) is 0. The fourth-order valence-corrected chi connectivity index (χ4v) is 2.57. The number of nitro groups is 1. The van der Waals surface area contributed by atoms with Gasteiger partial charge in [0.2, 0.25) is 5.91 Å². The molecule has 0 aliphatic rings. The molecule has 21 heavy (non-hydrogen) atoms. The molecule has 0 bridgehead atoms. The average Bonchev–Trinajstić information content (AvgIpc) is 2.38. The van der Waals surface area contributed by atoms with Crippen molar-refractivity contribution >= 4 is 35.0 Å². The molecule has 7 nitrogen and oxygen atoms in total. The first kappa shape index (κ1) is 17.0. The highest BCUT2D eigenvalue weighted by Gasteiger charge is 2.23. The summed E-state index contributed by atoms with van der Waals surface area (Å²) in [5.41, 5.74) is -0.0981. The Bertz CT molecular complexity index is 547. The van der Waals surface area contributed by atoms with Crippen LogP contribution in [0.5, 0.6) is 0 Å². The van der Waals surface area contributed by atoms with Gasteiger partial charge in [-0.15, -0.1) is 11.8 Å². The first-order valence-corrected chi connectivity index (χ1v) is 7.25. The van der Waals surface area contributed by atoms with Crippen molar-refractivity contribution in [2.24, 2.45) is 5.92 Å². The van der Waals surface area contributed by atoms with E-state index in [1.54, 1.807) is 19.9 Å². The Kier molecular flexibility index (Phi) is 6.16. The van der Waals surface area contributed by atoms with Gasteiger partial charge >= 0.3 is 5.97 Å². The molecule has 0 spiro atoms. The second-order valence-electron chi connectivity index (χ2n) is 4.64. The number of carbonyl (C=O) groups excluding carboxylic acids is 1. The molecule has 1 aromatic rings. The van der Waals surface area contributed by atoms with Crippen LogP contribution in [0.1, 0.15) is 13.8 Å². The van der Waals surface area contributed by atoms with E-state index < -0.39 is 22.0 Å². The average molecular weight is 312 g/mol. The van der Waals surface area contributed by atoms with Crippen molar-refractivity contribution < 1.29 is 19.6 Å². The van der Waals surface area contributed by atoms with Crippen LogP contribution in [0, 0.1) is 16.0 Å². The van der Waals surface area contributed by atoms with E-state index in [1.165, 1.54) is 18.2 Å². The zero-order valence-electron chi connectivity index (χ0n) is 11.6. The molecular weight excluding hydrogens is 296 g/mol. The van der Waals surface area contributed by atoms with Crippen LogP contribution in [-0.2, 0) is 9.59 Å². The minimum atomic E-state index is -0.978. The van der Waals surface area contributed by atoms with Crippen molar-refractivity contribution in [3.8, 4) is 0 Å². The number of thioether (sulfide) groups is 1. The van der Waals surface area contributed by atoms with E-state index in [4.69, 9.17) is 5.11 Å². The van der Waals surface area contributed by atoms with E-state index in [-0.39, 0.29) is 23.0 Å². The third-order valence-corrected chi connectivity index (χ3v) is 4.15. The SMILES string of the molecule is CC(C)C(SCC(=O)Nc1ccccc1[N+](=O)[O-])C(=O)O. The zero-order chi connectivity index (χ0) is 16.0. The number of para-hydroxylation sites is 2. The highest BCUT2D eigenvalue weighted by molar-refractivity contribution is 8.01. The molecule has 1 amide bonds. The lowest BCUT2D eigenvalue weighted by molar-refractivity contribution is -0.383. The molecule has 1 atom stereocenters. The third-order valence-electron chi connectivity index (χ3n) is 2.62. The normalized spacial score (nSPS) is 12.0. The van der Waals surface area contributed by atoms with Gasteiger partial charge in [-0.05, 0) is 12.0 Å². The van der Waals surface area contributed by atoms with Crippen molar-refractivity contribution in [3.63, 3.8) is 0 Å². The minimum Gasteiger partial charge on any atom is -0.480 e. The highest BCUT2D eigenvalue weighted by atomic mass is 32.2. The van der Waals surface area contributed by atoms with Gasteiger partial charge in [0.05, 0.1) is 10.7 Å². The second kappa shape index (κ2) is 7.63. The number of benzene rings is 1. The van der Waals surface area contributed by atoms with Gasteiger partial charge in [-0.25, -0.2) is 0 Å². The van der Waals surface area contributed by atoms with Crippen LogP contribution >= 0.6 is 11.8 Å². The van der Waals surface area contributed by atoms with Gasteiger partial charge in [0.15, 0.2) is 0 Å². The lowest BCUT2D eigenvalue weighted by atomic mass is 10.1. The van der Waals surface area contributed by atoms with E-state index in [2.05, 4.69) is 5.32 Å². The van der Waals surface area contributed by atoms with Crippen molar-refractivity contribution in [3.05, 3.63) is 34.4 Å². The molecule has 0 aliphatic heterocycles. The van der Waals surface area contributed by atoms with Crippen molar-refractivity contribution in [1.82, 2.24) is 0 Å². The number of rotatable bonds is 7. The quantitative estimate of drug-likeness (QED) is 0.591. The molecule has 1 unspecified atom stereocenters. The first-order valence-electron chi connectivity index (χ1n) is 6.20. The number of anilines is 1. The number of carboxylic acid groups (broad SMARTS) is 1. The maximum absolute atomic E-state index is 11.8. The number of nitro benzene ring substituents is 1. The van der Waals surface area contributed by atoms with Crippen molar-refractivity contribution in [2.45, 2.75) is 19.1 Å². The maximum atomic E-state index is 11.8. The summed E-state index contributed by atoms with van der Waals surface area (Å²) in [4.78, 5) is 33.0. The van der Waals surface area contributed by atoms with Crippen LogP contribution in [0.3, 0.4) is 0 Å². The van der Waals surface area contributed by atoms with Gasteiger partial charge in [0.25, 0.3) is 5.69 Å². The lowest BCUT2D eigenvalue weighted by Gasteiger charge is -2.15. The fraction of sp³-hybridized carbons (Fsp3) is 0.385. The Hall–Kier alpha value is -2.09. The molecule has 0 saturated heterocycles.